The van der Waals surface area contributed by atoms with E-state index in [1.54, 1.807) is 30.5 Å². The van der Waals surface area contributed by atoms with Crippen LogP contribution in [-0.4, -0.2) is 57.1 Å². The van der Waals surface area contributed by atoms with Crippen molar-refractivity contribution in [3.8, 4) is 17.6 Å². The lowest BCUT2D eigenvalue weighted by atomic mass is 10.2. The molecule has 0 spiro atoms. The lowest BCUT2D eigenvalue weighted by Gasteiger charge is -2.35. The predicted molar refractivity (Wildman–Crippen MR) is 97.4 cm³/mol. The zero-order valence-electron chi connectivity index (χ0n) is 14.5. The highest BCUT2D eigenvalue weighted by molar-refractivity contribution is 7.89. The van der Waals surface area contributed by atoms with E-state index in [0.717, 1.165) is 0 Å². The quantitative estimate of drug-likeness (QED) is 0.783. The van der Waals surface area contributed by atoms with Crippen LogP contribution in [0, 0.1) is 11.3 Å². The molecule has 1 aromatic heterocycles. The van der Waals surface area contributed by atoms with E-state index in [-0.39, 0.29) is 4.90 Å². The molecule has 1 fully saturated rings. The first-order chi connectivity index (χ1) is 13.1. The van der Waals surface area contributed by atoms with Gasteiger partial charge in [-0.3, -0.25) is 0 Å². The summed E-state index contributed by atoms with van der Waals surface area (Å²) in [6.07, 6.45) is 1.63. The summed E-state index contributed by atoms with van der Waals surface area (Å²) < 4.78 is 38.4. The Labute approximate surface area is 157 Å². The fourth-order valence-electron chi connectivity index (χ4n) is 3.21. The van der Waals surface area contributed by atoms with Crippen LogP contribution in [0.15, 0.2) is 41.4 Å². The second-order valence-electron chi connectivity index (χ2n) is 6.18. The largest absolute Gasteiger partial charge is 0.486 e. The molecule has 1 aromatic carbocycles. The van der Waals surface area contributed by atoms with Gasteiger partial charge < -0.3 is 14.4 Å². The Balaban J connectivity index is 1.51. The first kappa shape index (κ1) is 17.6. The van der Waals surface area contributed by atoms with Gasteiger partial charge in [0.25, 0.3) is 0 Å². The first-order valence-corrected chi connectivity index (χ1v) is 10.0. The number of sulfonamides is 1. The molecule has 8 nitrogen and oxygen atoms in total. The number of rotatable bonds is 3. The third kappa shape index (κ3) is 3.29. The van der Waals surface area contributed by atoms with Gasteiger partial charge in [0.05, 0.1) is 10.5 Å². The Morgan fingerprint density at radius 3 is 2.52 bits per heavy atom. The molecule has 0 unspecified atom stereocenters. The second-order valence-corrected chi connectivity index (χ2v) is 8.12. The number of hydrogen-bond donors (Lipinski definition) is 0. The Morgan fingerprint density at radius 2 is 1.78 bits per heavy atom. The van der Waals surface area contributed by atoms with Crippen LogP contribution in [0.5, 0.6) is 11.5 Å². The van der Waals surface area contributed by atoms with Crippen LogP contribution >= 0.6 is 0 Å². The summed E-state index contributed by atoms with van der Waals surface area (Å²) in [5.74, 6) is 1.61. The molecular formula is C18H18N4O4S. The molecule has 0 amide bonds. The number of aromatic nitrogens is 1. The van der Waals surface area contributed by atoms with Crippen molar-refractivity contribution in [2.75, 3.05) is 44.3 Å². The van der Waals surface area contributed by atoms with Crippen LogP contribution in [0.1, 0.15) is 5.56 Å². The minimum absolute atomic E-state index is 0.191. The first-order valence-electron chi connectivity index (χ1n) is 8.59. The smallest absolute Gasteiger partial charge is 0.243 e. The fraction of sp³-hybridized carbons (Fsp3) is 0.333. The Kier molecular flexibility index (Phi) is 4.59. The zero-order chi connectivity index (χ0) is 18.9. The number of benzene rings is 1. The number of piperazine rings is 1. The van der Waals surface area contributed by atoms with E-state index in [4.69, 9.17) is 9.47 Å². The molecule has 9 heteroatoms. The van der Waals surface area contributed by atoms with Gasteiger partial charge in [0.1, 0.15) is 25.1 Å². The van der Waals surface area contributed by atoms with Crippen LogP contribution in [0.3, 0.4) is 0 Å². The topological polar surface area (TPSA) is 95.8 Å². The number of hydrogen-bond acceptors (Lipinski definition) is 7. The highest BCUT2D eigenvalue weighted by Crippen LogP contribution is 2.33. The molecule has 0 atom stereocenters. The molecule has 140 valence electrons. The molecule has 3 heterocycles. The molecule has 2 aliphatic rings. The minimum Gasteiger partial charge on any atom is -0.486 e. The maximum atomic E-state index is 13.0. The summed E-state index contributed by atoms with van der Waals surface area (Å²) in [7, 11) is -3.63. The lowest BCUT2D eigenvalue weighted by molar-refractivity contribution is 0.171. The van der Waals surface area contributed by atoms with Gasteiger partial charge in [-0.05, 0) is 24.3 Å². The Morgan fingerprint density at radius 1 is 1.04 bits per heavy atom. The van der Waals surface area contributed by atoms with Crippen LogP contribution in [0.25, 0.3) is 0 Å². The van der Waals surface area contributed by atoms with Gasteiger partial charge in [0.15, 0.2) is 11.5 Å². The average Bonchev–Trinajstić information content (AvgIpc) is 2.73. The van der Waals surface area contributed by atoms with E-state index in [1.807, 2.05) is 4.90 Å². The molecule has 2 aromatic rings. The Hall–Kier alpha value is -2.83. The van der Waals surface area contributed by atoms with Crippen molar-refractivity contribution >= 4 is 15.8 Å². The van der Waals surface area contributed by atoms with Crippen molar-refractivity contribution in [3.05, 3.63) is 42.1 Å². The molecule has 0 aliphatic carbocycles. The van der Waals surface area contributed by atoms with Gasteiger partial charge >= 0.3 is 0 Å². The average molecular weight is 386 g/mol. The van der Waals surface area contributed by atoms with E-state index >= 15 is 0 Å². The van der Waals surface area contributed by atoms with E-state index < -0.39 is 10.0 Å². The van der Waals surface area contributed by atoms with E-state index in [9.17, 15) is 13.7 Å². The summed E-state index contributed by atoms with van der Waals surface area (Å²) in [5, 5.41) is 9.23. The minimum atomic E-state index is -3.63. The van der Waals surface area contributed by atoms with Gasteiger partial charge in [-0.25, -0.2) is 13.4 Å². The van der Waals surface area contributed by atoms with Gasteiger partial charge in [-0.1, -0.05) is 0 Å². The number of nitriles is 1. The molecular weight excluding hydrogens is 368 g/mol. The number of nitrogens with zero attached hydrogens (tertiary/aromatic N) is 4. The zero-order valence-corrected chi connectivity index (χ0v) is 15.4. The Bertz CT molecular complexity index is 995. The molecule has 0 bridgehead atoms. The van der Waals surface area contributed by atoms with Crippen molar-refractivity contribution in [1.29, 1.82) is 5.26 Å². The van der Waals surface area contributed by atoms with Gasteiger partial charge in [0.2, 0.25) is 10.0 Å². The molecule has 27 heavy (non-hydrogen) atoms. The summed E-state index contributed by atoms with van der Waals surface area (Å²) in [5.41, 5.74) is 0.487. The molecule has 2 aliphatic heterocycles. The standard InChI is InChI=1S/C18H18N4O4S/c19-13-14-2-1-5-20-18(14)21-6-8-22(9-7-21)27(23,24)15-3-4-16-17(12-15)26-11-10-25-16/h1-5,12H,6-11H2. The van der Waals surface area contributed by atoms with E-state index in [1.165, 1.54) is 10.4 Å². The van der Waals surface area contributed by atoms with Crippen LogP contribution in [0.2, 0.25) is 0 Å². The number of anilines is 1. The van der Waals surface area contributed by atoms with Gasteiger partial charge in [-0.15, -0.1) is 0 Å². The van der Waals surface area contributed by atoms with E-state index in [2.05, 4.69) is 11.1 Å². The molecule has 1 saturated heterocycles. The van der Waals surface area contributed by atoms with Crippen LogP contribution in [-0.2, 0) is 10.0 Å². The van der Waals surface area contributed by atoms with Crippen molar-refractivity contribution in [1.82, 2.24) is 9.29 Å². The van der Waals surface area contributed by atoms with Gasteiger partial charge in [-0.2, -0.15) is 9.57 Å². The molecule has 0 N–H and O–H groups in total. The predicted octanol–water partition coefficient (Wildman–Crippen LogP) is 1.24. The maximum absolute atomic E-state index is 13.0. The van der Waals surface area contributed by atoms with Crippen molar-refractivity contribution < 1.29 is 17.9 Å². The summed E-state index contributed by atoms with van der Waals surface area (Å²) >= 11 is 0. The second kappa shape index (κ2) is 7.06. The van der Waals surface area contributed by atoms with Gasteiger partial charge in [0, 0.05) is 38.4 Å². The van der Waals surface area contributed by atoms with E-state index in [0.29, 0.717) is 62.3 Å². The highest BCUT2D eigenvalue weighted by atomic mass is 32.2. The molecule has 0 saturated carbocycles. The highest BCUT2D eigenvalue weighted by Gasteiger charge is 2.30. The molecule has 4 rings (SSSR count). The third-order valence-electron chi connectivity index (χ3n) is 4.60. The van der Waals surface area contributed by atoms with Crippen molar-refractivity contribution in [2.24, 2.45) is 0 Å². The van der Waals surface area contributed by atoms with Crippen LogP contribution < -0.4 is 14.4 Å². The summed E-state index contributed by atoms with van der Waals surface area (Å²) in [6.45, 7) is 2.43. The number of fused-ring (bicyclic) bond motifs is 1. The maximum Gasteiger partial charge on any atom is 0.243 e. The van der Waals surface area contributed by atoms with Crippen molar-refractivity contribution in [3.63, 3.8) is 0 Å². The fourth-order valence-corrected chi connectivity index (χ4v) is 4.65. The van der Waals surface area contributed by atoms with Crippen molar-refractivity contribution in [2.45, 2.75) is 4.90 Å². The third-order valence-corrected chi connectivity index (χ3v) is 6.49. The monoisotopic (exact) mass is 386 g/mol. The van der Waals surface area contributed by atoms with Crippen LogP contribution in [0.4, 0.5) is 5.82 Å². The lowest BCUT2D eigenvalue weighted by Crippen LogP contribution is -2.49. The SMILES string of the molecule is N#Cc1cccnc1N1CCN(S(=O)(=O)c2ccc3c(c2)OCCO3)CC1. The normalized spacial score (nSPS) is 17.4. The number of pyridine rings is 1. The molecule has 0 radical (unpaired) electrons. The summed E-state index contributed by atoms with van der Waals surface area (Å²) in [4.78, 5) is 6.40. The summed E-state index contributed by atoms with van der Waals surface area (Å²) in [6, 6.07) is 10.2. The number of ether oxygens (including phenoxy) is 2.